The molecule has 0 spiro atoms. The van der Waals surface area contributed by atoms with Gasteiger partial charge in [0, 0.05) is 16.8 Å². The fraction of sp³-hybridized carbons (Fsp3) is 0.125. The first kappa shape index (κ1) is 16.9. The van der Waals surface area contributed by atoms with Crippen LogP contribution in [-0.4, -0.2) is 27.9 Å². The quantitative estimate of drug-likeness (QED) is 0.643. The van der Waals surface area contributed by atoms with Gasteiger partial charge in [-0.25, -0.2) is 4.98 Å². The Morgan fingerprint density at radius 1 is 1.23 bits per heavy atom. The van der Waals surface area contributed by atoms with Crippen molar-refractivity contribution in [2.75, 3.05) is 11.1 Å². The number of nitrogens with one attached hydrogen (secondary N) is 2. The number of rotatable bonds is 4. The molecule has 0 saturated carbocycles. The fourth-order valence-electron chi connectivity index (χ4n) is 2.38. The SMILES string of the molecule is O=C(CSc1nc2ccc(Cl)cc2[nH]1)Nc1ccc2c(c1)OC(F)(F)O2. The third-order valence-corrected chi connectivity index (χ3v) is 4.56. The molecule has 134 valence electrons. The normalized spacial score (nSPS) is 14.6. The molecule has 0 atom stereocenters. The van der Waals surface area contributed by atoms with Crippen LogP contribution in [0.2, 0.25) is 5.02 Å². The van der Waals surface area contributed by atoms with Crippen LogP contribution in [0.5, 0.6) is 11.5 Å². The van der Waals surface area contributed by atoms with E-state index in [9.17, 15) is 13.6 Å². The van der Waals surface area contributed by atoms with Crippen molar-refractivity contribution in [3.05, 3.63) is 41.4 Å². The summed E-state index contributed by atoms with van der Waals surface area (Å²) >= 11 is 7.13. The number of benzene rings is 2. The van der Waals surface area contributed by atoms with Crippen molar-refractivity contribution in [2.24, 2.45) is 0 Å². The van der Waals surface area contributed by atoms with Crippen molar-refractivity contribution in [1.82, 2.24) is 9.97 Å². The second-order valence-electron chi connectivity index (χ2n) is 5.37. The molecule has 4 rings (SSSR count). The van der Waals surface area contributed by atoms with Gasteiger partial charge < -0.3 is 19.8 Å². The Hall–Kier alpha value is -2.52. The summed E-state index contributed by atoms with van der Waals surface area (Å²) in [6, 6.07) is 9.30. The second kappa shape index (κ2) is 6.33. The molecule has 0 fully saturated rings. The first-order chi connectivity index (χ1) is 12.4. The molecule has 0 aliphatic carbocycles. The zero-order valence-electron chi connectivity index (χ0n) is 12.9. The van der Waals surface area contributed by atoms with Gasteiger partial charge in [0.1, 0.15) is 0 Å². The van der Waals surface area contributed by atoms with Crippen LogP contribution in [0, 0.1) is 0 Å². The molecule has 3 aromatic rings. The maximum Gasteiger partial charge on any atom is 0.586 e. The summed E-state index contributed by atoms with van der Waals surface area (Å²) in [7, 11) is 0. The number of alkyl halides is 2. The molecule has 1 aliphatic rings. The molecule has 6 nitrogen and oxygen atoms in total. The van der Waals surface area contributed by atoms with Gasteiger partial charge in [-0.2, -0.15) is 0 Å². The fourth-order valence-corrected chi connectivity index (χ4v) is 3.24. The summed E-state index contributed by atoms with van der Waals surface area (Å²) in [5, 5.41) is 3.77. The summed E-state index contributed by atoms with van der Waals surface area (Å²) < 4.78 is 34.7. The van der Waals surface area contributed by atoms with Crippen molar-refractivity contribution in [2.45, 2.75) is 11.5 Å². The van der Waals surface area contributed by atoms with Crippen molar-refractivity contribution >= 4 is 46.0 Å². The second-order valence-corrected chi connectivity index (χ2v) is 6.77. The maximum atomic E-state index is 13.0. The molecule has 2 heterocycles. The van der Waals surface area contributed by atoms with E-state index in [2.05, 4.69) is 24.8 Å². The highest BCUT2D eigenvalue weighted by atomic mass is 35.5. The number of nitrogens with zero attached hydrogens (tertiary/aromatic N) is 1. The lowest BCUT2D eigenvalue weighted by atomic mass is 10.3. The van der Waals surface area contributed by atoms with E-state index in [0.717, 1.165) is 11.0 Å². The zero-order chi connectivity index (χ0) is 18.3. The van der Waals surface area contributed by atoms with Crippen molar-refractivity contribution in [1.29, 1.82) is 0 Å². The minimum Gasteiger partial charge on any atom is -0.395 e. The number of hydrogen-bond donors (Lipinski definition) is 2. The molecule has 2 aromatic carbocycles. The van der Waals surface area contributed by atoms with Crippen LogP contribution in [0.25, 0.3) is 11.0 Å². The van der Waals surface area contributed by atoms with Gasteiger partial charge in [0.2, 0.25) is 5.91 Å². The standard InChI is InChI=1S/C16H10ClF2N3O3S/c17-8-1-3-10-11(5-8)22-15(21-10)26-7-14(23)20-9-2-4-12-13(6-9)25-16(18,19)24-12/h1-6H,7H2,(H,20,23)(H,21,22). The number of amides is 1. The highest BCUT2D eigenvalue weighted by molar-refractivity contribution is 7.99. The molecule has 0 radical (unpaired) electrons. The minimum atomic E-state index is -3.69. The monoisotopic (exact) mass is 397 g/mol. The number of halogens is 3. The van der Waals surface area contributed by atoms with Gasteiger partial charge in [0.25, 0.3) is 0 Å². The van der Waals surface area contributed by atoms with Crippen LogP contribution < -0.4 is 14.8 Å². The molecule has 1 aliphatic heterocycles. The first-order valence-electron chi connectivity index (χ1n) is 7.36. The number of hydrogen-bond acceptors (Lipinski definition) is 5. The average molecular weight is 398 g/mol. The Kier molecular flexibility index (Phi) is 4.12. The molecular formula is C16H10ClF2N3O3S. The number of fused-ring (bicyclic) bond motifs is 2. The molecule has 26 heavy (non-hydrogen) atoms. The summed E-state index contributed by atoms with van der Waals surface area (Å²) in [4.78, 5) is 19.5. The van der Waals surface area contributed by atoms with Crippen molar-refractivity contribution in [3.8, 4) is 11.5 Å². The van der Waals surface area contributed by atoms with Crippen LogP contribution in [0.15, 0.2) is 41.6 Å². The van der Waals surface area contributed by atoms with Gasteiger partial charge in [0.15, 0.2) is 16.7 Å². The van der Waals surface area contributed by atoms with Crippen LogP contribution in [0.4, 0.5) is 14.5 Å². The molecule has 1 aromatic heterocycles. The Balaban J connectivity index is 1.38. The van der Waals surface area contributed by atoms with E-state index in [4.69, 9.17) is 11.6 Å². The molecule has 10 heteroatoms. The predicted octanol–water partition coefficient (Wildman–Crippen LogP) is 4.27. The third-order valence-electron chi connectivity index (χ3n) is 3.45. The first-order valence-corrected chi connectivity index (χ1v) is 8.72. The Morgan fingerprint density at radius 3 is 2.88 bits per heavy atom. The van der Waals surface area contributed by atoms with Crippen LogP contribution in [0.1, 0.15) is 0 Å². The van der Waals surface area contributed by atoms with E-state index < -0.39 is 6.29 Å². The number of carbonyl (C=O) groups is 1. The van der Waals surface area contributed by atoms with E-state index in [1.54, 1.807) is 18.2 Å². The number of H-pyrrole nitrogens is 1. The van der Waals surface area contributed by atoms with Crippen LogP contribution in [0.3, 0.4) is 0 Å². The maximum absolute atomic E-state index is 13.0. The lowest BCUT2D eigenvalue weighted by Crippen LogP contribution is -2.25. The molecule has 0 saturated heterocycles. The minimum absolute atomic E-state index is 0.0803. The number of thioether (sulfide) groups is 1. The predicted molar refractivity (Wildman–Crippen MR) is 93.1 cm³/mol. The Labute approximate surface area is 154 Å². The van der Waals surface area contributed by atoms with Gasteiger partial charge in [0.05, 0.1) is 16.8 Å². The van der Waals surface area contributed by atoms with Crippen molar-refractivity contribution < 1.29 is 23.0 Å². The number of aromatic nitrogens is 2. The van der Waals surface area contributed by atoms with Gasteiger partial charge in [-0.05, 0) is 30.3 Å². The van der Waals surface area contributed by atoms with E-state index in [1.807, 2.05) is 0 Å². The van der Waals surface area contributed by atoms with Gasteiger partial charge in [-0.3, -0.25) is 4.79 Å². The number of imidazole rings is 1. The van der Waals surface area contributed by atoms with E-state index in [-0.39, 0.29) is 23.2 Å². The highest BCUT2D eigenvalue weighted by Crippen LogP contribution is 2.42. The summed E-state index contributed by atoms with van der Waals surface area (Å²) in [6.07, 6.45) is -3.69. The number of aromatic amines is 1. The smallest absolute Gasteiger partial charge is 0.395 e. The van der Waals surface area contributed by atoms with E-state index in [0.29, 0.717) is 15.9 Å². The van der Waals surface area contributed by atoms with Gasteiger partial charge in [-0.15, -0.1) is 8.78 Å². The highest BCUT2D eigenvalue weighted by Gasteiger charge is 2.43. The summed E-state index contributed by atoms with van der Waals surface area (Å²) in [5.41, 5.74) is 1.85. The lowest BCUT2D eigenvalue weighted by molar-refractivity contribution is -0.286. The van der Waals surface area contributed by atoms with Crippen molar-refractivity contribution in [3.63, 3.8) is 0 Å². The van der Waals surface area contributed by atoms with Gasteiger partial charge in [-0.1, -0.05) is 23.4 Å². The van der Waals surface area contributed by atoms with E-state index >= 15 is 0 Å². The lowest BCUT2D eigenvalue weighted by Gasteiger charge is -2.05. The molecule has 1 amide bonds. The topological polar surface area (TPSA) is 76.2 Å². The molecule has 0 unspecified atom stereocenters. The zero-order valence-corrected chi connectivity index (χ0v) is 14.5. The Bertz CT molecular complexity index is 1010. The third kappa shape index (κ3) is 3.54. The van der Waals surface area contributed by atoms with Gasteiger partial charge >= 0.3 is 6.29 Å². The summed E-state index contributed by atoms with van der Waals surface area (Å²) in [5.74, 6) is -0.449. The van der Waals surface area contributed by atoms with Crippen LogP contribution in [-0.2, 0) is 4.79 Å². The molecule has 2 N–H and O–H groups in total. The van der Waals surface area contributed by atoms with Crippen LogP contribution >= 0.6 is 23.4 Å². The average Bonchev–Trinajstić information content (AvgIpc) is 3.10. The van der Waals surface area contributed by atoms with E-state index in [1.165, 1.54) is 30.0 Å². The Morgan fingerprint density at radius 2 is 2.04 bits per heavy atom. The summed E-state index contributed by atoms with van der Waals surface area (Å²) in [6.45, 7) is 0. The number of anilines is 1. The number of carbonyl (C=O) groups excluding carboxylic acids is 1. The number of ether oxygens (including phenoxy) is 2. The molecule has 0 bridgehead atoms. The largest absolute Gasteiger partial charge is 0.586 e. The molecular weight excluding hydrogens is 388 g/mol.